The van der Waals surface area contributed by atoms with Crippen molar-refractivity contribution in [2.75, 3.05) is 38.1 Å². The highest BCUT2D eigenvalue weighted by molar-refractivity contribution is 7.73. The van der Waals surface area contributed by atoms with Crippen molar-refractivity contribution in [1.29, 1.82) is 0 Å². The number of anilines is 1. The predicted molar refractivity (Wildman–Crippen MR) is 76.9 cm³/mol. The van der Waals surface area contributed by atoms with Crippen LogP contribution in [0.4, 0.5) is 5.82 Å². The van der Waals surface area contributed by atoms with Crippen molar-refractivity contribution in [2.24, 2.45) is 7.05 Å². The molecule has 0 amide bonds. The number of nitrogens with zero attached hydrogens (tertiary/aromatic N) is 5. The van der Waals surface area contributed by atoms with Crippen LogP contribution in [-0.4, -0.2) is 52.7 Å². The third-order valence-corrected chi connectivity index (χ3v) is 4.89. The Morgan fingerprint density at radius 1 is 1.17 bits per heavy atom. The van der Waals surface area contributed by atoms with Gasteiger partial charge in [-0.25, -0.2) is 9.97 Å². The van der Waals surface area contributed by atoms with E-state index in [0.29, 0.717) is 0 Å². The summed E-state index contributed by atoms with van der Waals surface area (Å²) < 4.78 is 3.91. The maximum Gasteiger partial charge on any atom is 0.163 e. The zero-order chi connectivity index (χ0) is 12.7. The summed E-state index contributed by atoms with van der Waals surface area (Å²) in [5, 5.41) is 0. The van der Waals surface area contributed by atoms with Gasteiger partial charge in [0.25, 0.3) is 0 Å². The van der Waals surface area contributed by atoms with Crippen LogP contribution in [0.5, 0.6) is 0 Å². The quantitative estimate of drug-likeness (QED) is 0.741. The number of aryl methyl sites for hydroxylation is 1. The van der Waals surface area contributed by atoms with Gasteiger partial charge in [-0.15, -0.1) is 0 Å². The van der Waals surface area contributed by atoms with E-state index < -0.39 is 0 Å². The average molecular weight is 281 g/mol. The first-order valence-electron chi connectivity index (χ1n) is 5.91. The van der Waals surface area contributed by atoms with Gasteiger partial charge in [0.15, 0.2) is 15.4 Å². The molecule has 5 nitrogen and oxygen atoms in total. The monoisotopic (exact) mass is 281 g/mol. The van der Waals surface area contributed by atoms with Gasteiger partial charge in [-0.1, -0.05) is 11.3 Å². The predicted octanol–water partition coefficient (Wildman–Crippen LogP) is 1.51. The van der Waals surface area contributed by atoms with E-state index in [1.165, 1.54) is 0 Å². The van der Waals surface area contributed by atoms with Crippen molar-refractivity contribution >= 4 is 39.7 Å². The second-order valence-electron chi connectivity index (χ2n) is 4.57. The fraction of sp³-hybridized carbons (Fsp3) is 0.545. The molecule has 2 aromatic heterocycles. The summed E-state index contributed by atoms with van der Waals surface area (Å²) in [5.41, 5.74) is 0.939. The molecule has 0 bridgehead atoms. The molecule has 3 rings (SSSR count). The summed E-state index contributed by atoms with van der Waals surface area (Å²) in [5.74, 6) is 1.03. The maximum atomic E-state index is 5.32. The molecule has 96 valence electrons. The molecule has 0 aliphatic carbocycles. The van der Waals surface area contributed by atoms with Crippen molar-refractivity contribution in [2.45, 2.75) is 0 Å². The summed E-state index contributed by atoms with van der Waals surface area (Å²) in [7, 11) is 4.11. The fourth-order valence-corrected chi connectivity index (χ4v) is 3.46. The lowest BCUT2D eigenvalue weighted by molar-refractivity contribution is 0.312. The van der Waals surface area contributed by atoms with Gasteiger partial charge in [0, 0.05) is 33.2 Å². The van der Waals surface area contributed by atoms with E-state index in [1.54, 1.807) is 17.7 Å². The number of hydrogen-bond donors (Lipinski definition) is 0. The van der Waals surface area contributed by atoms with E-state index in [9.17, 15) is 0 Å². The van der Waals surface area contributed by atoms with Gasteiger partial charge in [0.2, 0.25) is 0 Å². The summed E-state index contributed by atoms with van der Waals surface area (Å²) >= 11 is 6.92. The largest absolute Gasteiger partial charge is 0.353 e. The molecule has 1 aliphatic rings. The molecular weight excluding hydrogens is 266 g/mol. The first kappa shape index (κ1) is 12.0. The number of hydrogen-bond acceptors (Lipinski definition) is 6. The van der Waals surface area contributed by atoms with Gasteiger partial charge in [0.1, 0.15) is 11.0 Å². The minimum Gasteiger partial charge on any atom is -0.353 e. The van der Waals surface area contributed by atoms with E-state index in [0.717, 1.165) is 46.3 Å². The highest BCUT2D eigenvalue weighted by Crippen LogP contribution is 2.29. The molecular formula is C11H15N5S2. The summed E-state index contributed by atoms with van der Waals surface area (Å²) in [4.78, 5) is 13.5. The first-order chi connectivity index (χ1) is 8.66. The number of aromatic nitrogens is 3. The highest BCUT2D eigenvalue weighted by Gasteiger charge is 2.19. The Morgan fingerprint density at radius 3 is 2.61 bits per heavy atom. The molecule has 7 heteroatoms. The Hall–Kier alpha value is -1.05. The van der Waals surface area contributed by atoms with Gasteiger partial charge in [-0.05, 0) is 19.3 Å². The van der Waals surface area contributed by atoms with Crippen molar-refractivity contribution in [3.8, 4) is 0 Å². The van der Waals surface area contributed by atoms with Gasteiger partial charge in [0.05, 0.1) is 0 Å². The van der Waals surface area contributed by atoms with Gasteiger partial charge < -0.3 is 14.4 Å². The van der Waals surface area contributed by atoms with Crippen LogP contribution >= 0.6 is 23.6 Å². The van der Waals surface area contributed by atoms with Crippen LogP contribution in [0, 0.1) is 3.95 Å². The first-order valence-corrected chi connectivity index (χ1v) is 7.13. The number of piperazine rings is 1. The molecule has 0 saturated carbocycles. The van der Waals surface area contributed by atoms with E-state index in [4.69, 9.17) is 12.2 Å². The Morgan fingerprint density at radius 2 is 1.89 bits per heavy atom. The summed E-state index contributed by atoms with van der Waals surface area (Å²) in [6, 6.07) is 0. The Bertz CT molecular complexity index is 624. The van der Waals surface area contributed by atoms with Crippen molar-refractivity contribution < 1.29 is 0 Å². The lowest BCUT2D eigenvalue weighted by atomic mass is 10.3. The zero-order valence-corrected chi connectivity index (χ0v) is 12.1. The topological polar surface area (TPSA) is 37.2 Å². The maximum absolute atomic E-state index is 5.32. The van der Waals surface area contributed by atoms with Crippen LogP contribution in [0.2, 0.25) is 0 Å². The van der Waals surface area contributed by atoms with Crippen LogP contribution in [-0.2, 0) is 7.05 Å². The normalized spacial score (nSPS) is 17.6. The average Bonchev–Trinajstić information content (AvgIpc) is 2.67. The van der Waals surface area contributed by atoms with E-state index >= 15 is 0 Å². The molecule has 3 heterocycles. The SMILES string of the molecule is CN1CCN(c2ncnc3c2sc(=S)n3C)CC1. The molecule has 0 radical (unpaired) electrons. The second-order valence-corrected chi connectivity index (χ2v) is 6.21. The van der Waals surface area contributed by atoms with Gasteiger partial charge in [-0.3, -0.25) is 0 Å². The molecule has 2 aromatic rings. The molecule has 18 heavy (non-hydrogen) atoms. The molecule has 1 aliphatic heterocycles. The molecule has 1 fully saturated rings. The number of thiazole rings is 1. The molecule has 1 saturated heterocycles. The molecule has 0 atom stereocenters. The summed E-state index contributed by atoms with van der Waals surface area (Å²) in [6.45, 7) is 4.17. The molecule has 0 N–H and O–H groups in total. The highest BCUT2D eigenvalue weighted by atomic mass is 32.1. The Balaban J connectivity index is 2.07. The smallest absolute Gasteiger partial charge is 0.163 e. The van der Waals surface area contributed by atoms with Crippen molar-refractivity contribution in [3.63, 3.8) is 0 Å². The van der Waals surface area contributed by atoms with Crippen molar-refractivity contribution in [3.05, 3.63) is 10.3 Å². The zero-order valence-electron chi connectivity index (χ0n) is 10.5. The molecule has 0 spiro atoms. The molecule has 0 unspecified atom stereocenters. The third kappa shape index (κ3) is 1.92. The van der Waals surface area contributed by atoms with Crippen LogP contribution in [0.1, 0.15) is 0 Å². The lowest BCUT2D eigenvalue weighted by Crippen LogP contribution is -2.44. The second kappa shape index (κ2) is 4.56. The minimum atomic E-state index is 0.848. The van der Waals surface area contributed by atoms with Gasteiger partial charge >= 0.3 is 0 Å². The van der Waals surface area contributed by atoms with Crippen LogP contribution < -0.4 is 4.90 Å². The summed E-state index contributed by atoms with van der Waals surface area (Å²) in [6.07, 6.45) is 1.64. The number of rotatable bonds is 1. The van der Waals surface area contributed by atoms with E-state index in [1.807, 2.05) is 11.6 Å². The van der Waals surface area contributed by atoms with Crippen molar-refractivity contribution in [1.82, 2.24) is 19.4 Å². The van der Waals surface area contributed by atoms with Crippen LogP contribution in [0.15, 0.2) is 6.33 Å². The van der Waals surface area contributed by atoms with E-state index in [2.05, 4.69) is 26.8 Å². The third-order valence-electron chi connectivity index (χ3n) is 3.35. The number of fused-ring (bicyclic) bond motifs is 1. The standard InChI is InChI=1S/C11H15N5S2/c1-14-3-5-16(6-4-14)10-8-9(12-7-13-10)15(2)11(17)18-8/h7H,3-6H2,1-2H3. The van der Waals surface area contributed by atoms with Crippen LogP contribution in [0.3, 0.4) is 0 Å². The number of likely N-dealkylation sites (N-methyl/N-ethyl adjacent to an activating group) is 1. The van der Waals surface area contributed by atoms with Gasteiger partial charge in [-0.2, -0.15) is 0 Å². The Labute approximate surface area is 115 Å². The fourth-order valence-electron chi connectivity index (χ4n) is 2.17. The van der Waals surface area contributed by atoms with Crippen LogP contribution in [0.25, 0.3) is 10.3 Å². The van der Waals surface area contributed by atoms with E-state index in [-0.39, 0.29) is 0 Å². The molecule has 0 aromatic carbocycles. The Kier molecular flexibility index (Phi) is 3.04. The lowest BCUT2D eigenvalue weighted by Gasteiger charge is -2.33. The minimum absolute atomic E-state index is 0.848.